The molecule has 0 saturated heterocycles. The fraction of sp³-hybridized carbons (Fsp3) is 0.375. The molecule has 5 rings (SSSR count). The van der Waals surface area contributed by atoms with Gasteiger partial charge in [0.1, 0.15) is 0 Å². The van der Waals surface area contributed by atoms with Crippen molar-refractivity contribution in [2.24, 2.45) is 11.3 Å². The molecule has 1 amide bonds. The number of benzene rings is 1. The number of amides is 1. The van der Waals surface area contributed by atoms with Crippen LogP contribution in [0.5, 0.6) is 0 Å². The highest BCUT2D eigenvalue weighted by atomic mass is 19.2. The number of esters is 1. The molecule has 2 heterocycles. The summed E-state index contributed by atoms with van der Waals surface area (Å²) < 4.78 is 36.5. The molecule has 2 aliphatic carbocycles. The highest BCUT2D eigenvalue weighted by Gasteiger charge is 2.59. The van der Waals surface area contributed by atoms with Crippen LogP contribution in [0.3, 0.4) is 0 Å². The quantitative estimate of drug-likeness (QED) is 0.489. The van der Waals surface area contributed by atoms with Gasteiger partial charge in [-0.05, 0) is 61.8 Å². The van der Waals surface area contributed by atoms with E-state index in [4.69, 9.17) is 9.15 Å². The van der Waals surface area contributed by atoms with E-state index in [9.17, 15) is 18.4 Å². The molecule has 0 radical (unpaired) electrons. The molecular formula is C24H23F2N5O4. The van der Waals surface area contributed by atoms with Gasteiger partial charge < -0.3 is 19.8 Å². The molecule has 2 saturated carbocycles. The topological polar surface area (TPSA) is 119 Å². The first kappa shape index (κ1) is 22.9. The number of nitrogens with zero attached hydrogens (tertiary/aromatic N) is 3. The monoisotopic (exact) mass is 483 g/mol. The van der Waals surface area contributed by atoms with Gasteiger partial charge in [-0.1, -0.05) is 5.10 Å². The number of methoxy groups -OCH3 is 1. The number of carbonyl (C=O) groups is 2. The second-order valence-corrected chi connectivity index (χ2v) is 9.01. The first-order chi connectivity index (χ1) is 16.9. The molecule has 2 N–H and O–H groups in total. The number of halogens is 2. The minimum Gasteiger partial charge on any atom is -0.469 e. The van der Waals surface area contributed by atoms with Gasteiger partial charge in [0, 0.05) is 23.4 Å². The summed E-state index contributed by atoms with van der Waals surface area (Å²) in [4.78, 5) is 28.8. The first-order valence-electron chi connectivity index (χ1n) is 11.3. The van der Waals surface area contributed by atoms with E-state index in [2.05, 4.69) is 25.8 Å². The van der Waals surface area contributed by atoms with Crippen LogP contribution in [-0.4, -0.2) is 34.2 Å². The van der Waals surface area contributed by atoms with Crippen LogP contribution in [0.15, 0.2) is 40.9 Å². The molecule has 2 fully saturated rings. The smallest absolute Gasteiger partial charge is 0.320 e. The molecule has 35 heavy (non-hydrogen) atoms. The Morgan fingerprint density at radius 2 is 1.86 bits per heavy atom. The fourth-order valence-electron chi connectivity index (χ4n) is 4.83. The normalized spacial score (nSPS) is 23.1. The lowest BCUT2D eigenvalue weighted by Gasteiger charge is -2.28. The van der Waals surface area contributed by atoms with Gasteiger partial charge in [-0.3, -0.25) is 14.6 Å². The van der Waals surface area contributed by atoms with E-state index < -0.39 is 17.5 Å². The van der Waals surface area contributed by atoms with Gasteiger partial charge >= 0.3 is 23.8 Å². The molecule has 9 nitrogen and oxygen atoms in total. The number of carbonyl (C=O) groups excluding carboxylic acids is 2. The summed E-state index contributed by atoms with van der Waals surface area (Å²) in [6.07, 6.45) is 6.37. The van der Waals surface area contributed by atoms with E-state index in [0.717, 1.165) is 49.9 Å². The van der Waals surface area contributed by atoms with Crippen LogP contribution < -0.4 is 10.6 Å². The fourth-order valence-corrected chi connectivity index (χ4v) is 4.83. The van der Waals surface area contributed by atoms with Crippen LogP contribution >= 0.6 is 0 Å². The Balaban J connectivity index is 1.15. The lowest BCUT2D eigenvalue weighted by molar-refractivity contribution is -0.143. The summed E-state index contributed by atoms with van der Waals surface area (Å²) in [7, 11) is 1.44. The molecule has 0 aliphatic heterocycles. The number of nitrogens with one attached hydrogen (secondary N) is 2. The summed E-state index contributed by atoms with van der Waals surface area (Å²) >= 11 is 0. The van der Waals surface area contributed by atoms with E-state index in [1.807, 2.05) is 6.07 Å². The molecule has 2 aliphatic rings. The zero-order chi connectivity index (χ0) is 24.6. The maximum absolute atomic E-state index is 13.3. The van der Waals surface area contributed by atoms with Gasteiger partial charge in [0.15, 0.2) is 11.6 Å². The lowest BCUT2D eigenvalue weighted by atomic mass is 9.77. The van der Waals surface area contributed by atoms with Gasteiger partial charge in [0.25, 0.3) is 0 Å². The first-order valence-corrected chi connectivity index (χ1v) is 11.3. The Bertz CT molecular complexity index is 1260. The van der Waals surface area contributed by atoms with Crippen molar-refractivity contribution < 1.29 is 27.5 Å². The van der Waals surface area contributed by atoms with Crippen molar-refractivity contribution in [2.45, 2.75) is 38.0 Å². The summed E-state index contributed by atoms with van der Waals surface area (Å²) in [6.45, 7) is 0. The van der Waals surface area contributed by atoms with Gasteiger partial charge in [-0.15, -0.1) is 5.10 Å². The minimum atomic E-state index is -1.03. The van der Waals surface area contributed by atoms with Crippen LogP contribution in [0.4, 0.5) is 26.2 Å². The number of ether oxygens (including phenoxy) is 1. The Hall–Kier alpha value is -3.89. The number of hydrogen-bond donors (Lipinski definition) is 2. The van der Waals surface area contributed by atoms with Crippen molar-refractivity contribution in [3.63, 3.8) is 0 Å². The molecule has 1 aromatic carbocycles. The third-order valence-corrected chi connectivity index (χ3v) is 6.91. The van der Waals surface area contributed by atoms with Crippen LogP contribution in [0.1, 0.15) is 54.4 Å². The number of pyridine rings is 1. The molecule has 3 aromatic rings. The SMILES string of the molecule is COC(=O)[C@@H]1C[C@]12CC[C@H](c1ccc(NC(=O)c3nnc(Nc4ccc(F)c(F)c4)o3)cn1)CC2. The predicted octanol–water partition coefficient (Wildman–Crippen LogP) is 4.58. The highest BCUT2D eigenvalue weighted by Crippen LogP contribution is 2.63. The number of rotatable bonds is 6. The molecular weight excluding hydrogens is 460 g/mol. The van der Waals surface area contributed by atoms with E-state index in [1.165, 1.54) is 13.2 Å². The van der Waals surface area contributed by atoms with Crippen LogP contribution in [0, 0.1) is 23.0 Å². The summed E-state index contributed by atoms with van der Waals surface area (Å²) in [5.41, 5.74) is 1.71. The molecule has 11 heteroatoms. The van der Waals surface area contributed by atoms with Crippen LogP contribution in [0.25, 0.3) is 0 Å². The van der Waals surface area contributed by atoms with Crippen molar-refractivity contribution in [2.75, 3.05) is 17.7 Å². The van der Waals surface area contributed by atoms with Gasteiger partial charge in [-0.25, -0.2) is 8.78 Å². The van der Waals surface area contributed by atoms with Crippen LogP contribution in [0.2, 0.25) is 0 Å². The Morgan fingerprint density at radius 3 is 2.54 bits per heavy atom. The Labute approximate surface area is 199 Å². The second kappa shape index (κ2) is 9.05. The van der Waals surface area contributed by atoms with E-state index >= 15 is 0 Å². The lowest BCUT2D eigenvalue weighted by Crippen LogP contribution is -2.20. The van der Waals surface area contributed by atoms with Crippen molar-refractivity contribution >= 4 is 29.3 Å². The Morgan fingerprint density at radius 1 is 1.09 bits per heavy atom. The number of anilines is 3. The van der Waals surface area contributed by atoms with E-state index in [0.29, 0.717) is 11.6 Å². The maximum atomic E-state index is 13.3. The van der Waals surface area contributed by atoms with Crippen LogP contribution in [-0.2, 0) is 9.53 Å². The van der Waals surface area contributed by atoms with Gasteiger partial charge in [0.2, 0.25) is 0 Å². The molecule has 1 atom stereocenters. The standard InChI is InChI=1S/C24H23F2N5O4/c1-34-22(33)16-11-24(16)8-6-13(7-9-24)19-5-3-15(12-27-19)28-20(32)21-30-31-23(35-21)29-14-2-4-17(25)18(26)10-14/h2-5,10,12-13,16H,6-9,11H2,1H3,(H,28,32)(H,29,31)/t13-,16-,24+/m0/s1. The molecule has 0 unspecified atom stereocenters. The van der Waals surface area contributed by atoms with Crippen molar-refractivity contribution in [1.29, 1.82) is 0 Å². The average molecular weight is 483 g/mol. The van der Waals surface area contributed by atoms with Crippen molar-refractivity contribution in [3.8, 4) is 0 Å². The molecule has 0 bridgehead atoms. The highest BCUT2D eigenvalue weighted by molar-refractivity contribution is 6.00. The Kier molecular flexibility index (Phi) is 5.91. The third kappa shape index (κ3) is 4.71. The van der Waals surface area contributed by atoms with E-state index in [-0.39, 0.29) is 34.9 Å². The summed E-state index contributed by atoms with van der Waals surface area (Å²) in [5, 5.41) is 12.6. The molecule has 1 spiro atoms. The van der Waals surface area contributed by atoms with Crippen molar-refractivity contribution in [3.05, 3.63) is 59.7 Å². The van der Waals surface area contributed by atoms with Gasteiger partial charge in [0.05, 0.1) is 24.9 Å². The zero-order valence-electron chi connectivity index (χ0n) is 18.9. The molecule has 2 aromatic heterocycles. The average Bonchev–Trinajstić information content (AvgIpc) is 3.35. The summed E-state index contributed by atoms with van der Waals surface area (Å²) in [6, 6.07) is 6.68. The molecule has 182 valence electrons. The predicted molar refractivity (Wildman–Crippen MR) is 120 cm³/mol. The summed E-state index contributed by atoms with van der Waals surface area (Å²) in [5.74, 6) is -2.71. The van der Waals surface area contributed by atoms with Gasteiger partial charge in [-0.2, -0.15) is 0 Å². The second-order valence-electron chi connectivity index (χ2n) is 9.01. The largest absolute Gasteiger partial charge is 0.469 e. The zero-order valence-corrected chi connectivity index (χ0v) is 18.9. The number of aromatic nitrogens is 3. The minimum absolute atomic E-state index is 0.0382. The number of hydrogen-bond acceptors (Lipinski definition) is 8. The third-order valence-electron chi connectivity index (χ3n) is 6.91. The van der Waals surface area contributed by atoms with Crippen molar-refractivity contribution in [1.82, 2.24) is 15.2 Å². The van der Waals surface area contributed by atoms with E-state index in [1.54, 1.807) is 12.3 Å². The maximum Gasteiger partial charge on any atom is 0.320 e.